The molecule has 2 rings (SSSR count). The third-order valence-electron chi connectivity index (χ3n) is 3.03. The second-order valence-electron chi connectivity index (χ2n) is 4.20. The second kappa shape index (κ2) is 5.16. The van der Waals surface area contributed by atoms with Crippen LogP contribution < -0.4 is 5.32 Å². The summed E-state index contributed by atoms with van der Waals surface area (Å²) in [4.78, 5) is 4.08. The topological polar surface area (TPSA) is 73.8 Å². The predicted molar refractivity (Wildman–Crippen MR) is 63.3 cm³/mol. The van der Waals surface area contributed by atoms with Crippen LogP contribution in [-0.4, -0.2) is 44.7 Å². The summed E-state index contributed by atoms with van der Waals surface area (Å²) in [5, 5.41) is 20.5. The highest BCUT2D eigenvalue weighted by Gasteiger charge is 2.44. The quantitative estimate of drug-likeness (QED) is 0.612. The van der Waals surface area contributed by atoms with Crippen LogP contribution in [0.15, 0.2) is 11.5 Å². The summed E-state index contributed by atoms with van der Waals surface area (Å²) in [7, 11) is 0. The first kappa shape index (κ1) is 11.9. The number of nitrogens with one attached hydrogen (secondary N) is 2. The largest absolute Gasteiger partial charge is 0.394 e. The number of aliphatic hydroxyl groups is 1. The Labute approximate surface area is 99.4 Å². The molecule has 16 heavy (non-hydrogen) atoms. The maximum Gasteiger partial charge on any atom is 0.183 e. The highest BCUT2D eigenvalue weighted by molar-refractivity contribution is 7.99. The standard InChI is InChI=1S/C10H18N4OS/c1-2-12-10(5-15,8-3-4-8)6-16-9-11-7-13-14-9/h7-8,12,15H,2-6H2,1H3,(H,11,13,14). The molecule has 1 heterocycles. The molecule has 3 N–H and O–H groups in total. The molecule has 0 saturated heterocycles. The van der Waals surface area contributed by atoms with Crippen molar-refractivity contribution >= 4 is 11.8 Å². The van der Waals surface area contributed by atoms with E-state index in [0.29, 0.717) is 5.92 Å². The van der Waals surface area contributed by atoms with Gasteiger partial charge in [-0.15, -0.1) is 0 Å². The molecule has 0 aliphatic heterocycles. The van der Waals surface area contributed by atoms with Crippen LogP contribution in [0.3, 0.4) is 0 Å². The Morgan fingerprint density at radius 3 is 3.00 bits per heavy atom. The first-order valence-corrected chi connectivity index (χ1v) is 6.63. The predicted octanol–water partition coefficient (Wildman–Crippen LogP) is 0.647. The van der Waals surface area contributed by atoms with Crippen LogP contribution in [0.1, 0.15) is 19.8 Å². The molecule has 90 valence electrons. The van der Waals surface area contributed by atoms with Gasteiger partial charge in [-0.3, -0.25) is 5.10 Å². The van der Waals surface area contributed by atoms with Crippen LogP contribution in [-0.2, 0) is 0 Å². The summed E-state index contributed by atoms with van der Waals surface area (Å²) in [5.41, 5.74) is -0.147. The maximum atomic E-state index is 9.62. The summed E-state index contributed by atoms with van der Waals surface area (Å²) in [6, 6.07) is 0. The number of nitrogens with zero attached hydrogens (tertiary/aromatic N) is 2. The van der Waals surface area contributed by atoms with Crippen molar-refractivity contribution < 1.29 is 5.11 Å². The number of H-pyrrole nitrogens is 1. The molecule has 1 fully saturated rings. The van der Waals surface area contributed by atoms with E-state index in [9.17, 15) is 5.11 Å². The molecule has 1 aromatic rings. The highest BCUT2D eigenvalue weighted by Crippen LogP contribution is 2.41. The van der Waals surface area contributed by atoms with Gasteiger partial charge in [-0.25, -0.2) is 4.98 Å². The Morgan fingerprint density at radius 1 is 1.69 bits per heavy atom. The first-order chi connectivity index (χ1) is 7.80. The van der Waals surface area contributed by atoms with Gasteiger partial charge >= 0.3 is 0 Å². The molecule has 0 amide bonds. The van der Waals surface area contributed by atoms with Gasteiger partial charge in [-0.1, -0.05) is 18.7 Å². The van der Waals surface area contributed by atoms with Crippen molar-refractivity contribution in [1.29, 1.82) is 0 Å². The molecule has 6 heteroatoms. The van der Waals surface area contributed by atoms with Gasteiger partial charge in [-0.05, 0) is 25.3 Å². The molecule has 1 aliphatic rings. The van der Waals surface area contributed by atoms with E-state index in [-0.39, 0.29) is 12.1 Å². The van der Waals surface area contributed by atoms with Gasteiger partial charge in [0.1, 0.15) is 6.33 Å². The summed E-state index contributed by atoms with van der Waals surface area (Å²) in [6.45, 7) is 3.15. The van der Waals surface area contributed by atoms with Crippen molar-refractivity contribution in [2.45, 2.75) is 30.5 Å². The number of aromatic amines is 1. The number of thioether (sulfide) groups is 1. The molecule has 0 radical (unpaired) electrons. The van der Waals surface area contributed by atoms with Crippen LogP contribution in [0.4, 0.5) is 0 Å². The van der Waals surface area contributed by atoms with Crippen molar-refractivity contribution in [3.63, 3.8) is 0 Å². The maximum absolute atomic E-state index is 9.62. The van der Waals surface area contributed by atoms with Crippen LogP contribution >= 0.6 is 11.8 Å². The van der Waals surface area contributed by atoms with E-state index in [4.69, 9.17) is 0 Å². The van der Waals surface area contributed by atoms with Crippen molar-refractivity contribution in [1.82, 2.24) is 20.5 Å². The first-order valence-electron chi connectivity index (χ1n) is 5.65. The fraction of sp³-hybridized carbons (Fsp3) is 0.800. The van der Waals surface area contributed by atoms with Crippen molar-refractivity contribution in [3.8, 4) is 0 Å². The number of rotatable bonds is 7. The molecule has 1 saturated carbocycles. The van der Waals surface area contributed by atoms with Gasteiger partial charge in [0, 0.05) is 5.75 Å². The summed E-state index contributed by atoms with van der Waals surface area (Å²) in [6.07, 6.45) is 3.93. The van der Waals surface area contributed by atoms with Crippen molar-refractivity contribution in [2.75, 3.05) is 18.9 Å². The van der Waals surface area contributed by atoms with Gasteiger partial charge < -0.3 is 10.4 Å². The zero-order valence-corrected chi connectivity index (χ0v) is 10.3. The molecule has 0 aromatic carbocycles. The Balaban J connectivity index is 1.95. The van der Waals surface area contributed by atoms with E-state index < -0.39 is 0 Å². The second-order valence-corrected chi connectivity index (χ2v) is 5.16. The molecule has 1 aliphatic carbocycles. The Kier molecular flexibility index (Phi) is 3.83. The summed E-state index contributed by atoms with van der Waals surface area (Å²) >= 11 is 1.62. The van der Waals surface area contributed by atoms with E-state index in [2.05, 4.69) is 27.4 Å². The fourth-order valence-corrected chi connectivity index (χ4v) is 3.06. The van der Waals surface area contributed by atoms with E-state index in [1.807, 2.05) is 0 Å². The Morgan fingerprint density at radius 2 is 2.50 bits per heavy atom. The highest BCUT2D eigenvalue weighted by atomic mass is 32.2. The van der Waals surface area contributed by atoms with Crippen LogP contribution in [0.25, 0.3) is 0 Å². The molecule has 1 aromatic heterocycles. The van der Waals surface area contributed by atoms with E-state index in [1.54, 1.807) is 11.8 Å². The zero-order chi connectivity index (χ0) is 11.4. The minimum atomic E-state index is -0.147. The van der Waals surface area contributed by atoms with E-state index in [0.717, 1.165) is 17.5 Å². The summed E-state index contributed by atoms with van der Waals surface area (Å²) in [5.74, 6) is 1.44. The average Bonchev–Trinajstić information content (AvgIpc) is 3.03. The SMILES string of the molecule is CCNC(CO)(CSc1ncn[nH]1)C1CC1. The summed E-state index contributed by atoms with van der Waals surface area (Å²) < 4.78 is 0. The molecule has 5 nitrogen and oxygen atoms in total. The lowest BCUT2D eigenvalue weighted by Crippen LogP contribution is -2.52. The lowest BCUT2D eigenvalue weighted by Gasteiger charge is -2.32. The molecule has 0 spiro atoms. The minimum Gasteiger partial charge on any atom is -0.394 e. The van der Waals surface area contributed by atoms with Crippen molar-refractivity contribution in [2.24, 2.45) is 5.92 Å². The number of aliphatic hydroxyl groups excluding tert-OH is 1. The number of aromatic nitrogens is 3. The molecule has 1 unspecified atom stereocenters. The van der Waals surface area contributed by atoms with Crippen LogP contribution in [0.5, 0.6) is 0 Å². The normalized spacial score (nSPS) is 19.6. The third kappa shape index (κ3) is 2.56. The third-order valence-corrected chi connectivity index (χ3v) is 4.16. The van der Waals surface area contributed by atoms with Gasteiger partial charge in [0.15, 0.2) is 5.16 Å². The van der Waals surface area contributed by atoms with Crippen LogP contribution in [0, 0.1) is 5.92 Å². The van der Waals surface area contributed by atoms with Crippen molar-refractivity contribution in [3.05, 3.63) is 6.33 Å². The monoisotopic (exact) mass is 242 g/mol. The average molecular weight is 242 g/mol. The Hall–Kier alpha value is -0.590. The molecular weight excluding hydrogens is 224 g/mol. The Bertz CT molecular complexity index is 315. The minimum absolute atomic E-state index is 0.147. The smallest absolute Gasteiger partial charge is 0.183 e. The number of likely N-dealkylation sites (N-methyl/N-ethyl adjacent to an activating group) is 1. The fourth-order valence-electron chi connectivity index (χ4n) is 1.99. The van der Waals surface area contributed by atoms with Gasteiger partial charge in [0.25, 0.3) is 0 Å². The zero-order valence-electron chi connectivity index (χ0n) is 9.44. The number of hydrogen-bond donors (Lipinski definition) is 3. The molecular formula is C10H18N4OS. The van der Waals surface area contributed by atoms with Gasteiger partial charge in [0.2, 0.25) is 0 Å². The lowest BCUT2D eigenvalue weighted by molar-refractivity contribution is 0.161. The van der Waals surface area contributed by atoms with E-state index in [1.165, 1.54) is 19.2 Å². The van der Waals surface area contributed by atoms with Crippen LogP contribution in [0.2, 0.25) is 0 Å². The number of hydrogen-bond acceptors (Lipinski definition) is 5. The van der Waals surface area contributed by atoms with Gasteiger partial charge in [0.05, 0.1) is 12.1 Å². The lowest BCUT2D eigenvalue weighted by atomic mass is 9.97. The molecule has 0 bridgehead atoms. The van der Waals surface area contributed by atoms with Gasteiger partial charge in [-0.2, -0.15) is 5.10 Å². The molecule has 1 atom stereocenters. The van der Waals surface area contributed by atoms with E-state index >= 15 is 0 Å².